The van der Waals surface area contributed by atoms with E-state index in [0.29, 0.717) is 0 Å². The van der Waals surface area contributed by atoms with Crippen LogP contribution >= 0.6 is 0 Å². The third-order valence-electron chi connectivity index (χ3n) is 3.83. The summed E-state index contributed by atoms with van der Waals surface area (Å²) in [6, 6.07) is 14.1. The fourth-order valence-corrected chi connectivity index (χ4v) is 2.62. The number of hydrogen-bond donors (Lipinski definition) is 1. The number of anilines is 1. The highest BCUT2D eigenvalue weighted by Crippen LogP contribution is 2.34. The van der Waals surface area contributed by atoms with Gasteiger partial charge >= 0.3 is 0 Å². The molecule has 0 bridgehead atoms. The van der Waals surface area contributed by atoms with Crippen LogP contribution in [0.2, 0.25) is 0 Å². The minimum Gasteiger partial charge on any atom is -0.497 e. The summed E-state index contributed by atoms with van der Waals surface area (Å²) in [4.78, 5) is 4.85. The maximum absolute atomic E-state index is 6.35. The number of aryl methyl sites for hydroxylation is 1. The van der Waals surface area contributed by atoms with Gasteiger partial charge in [-0.2, -0.15) is 0 Å². The van der Waals surface area contributed by atoms with Crippen LogP contribution in [0.5, 0.6) is 5.75 Å². The molecule has 0 radical (unpaired) electrons. The number of ether oxygens (including phenoxy) is 1. The van der Waals surface area contributed by atoms with Gasteiger partial charge in [0.05, 0.1) is 18.3 Å². The van der Waals surface area contributed by atoms with Crippen molar-refractivity contribution >= 4 is 16.6 Å². The lowest BCUT2D eigenvalue weighted by Crippen LogP contribution is -2.00. The molecule has 0 aliphatic carbocycles. The number of fused-ring (bicyclic) bond motifs is 1. The van der Waals surface area contributed by atoms with Crippen LogP contribution in [0.25, 0.3) is 22.2 Å². The molecular formula is C18H18N2O. The molecule has 21 heavy (non-hydrogen) atoms. The monoisotopic (exact) mass is 278 g/mol. The second kappa shape index (κ2) is 5.09. The van der Waals surface area contributed by atoms with Crippen molar-refractivity contribution in [2.45, 2.75) is 13.8 Å². The van der Waals surface area contributed by atoms with Crippen LogP contribution in [0.3, 0.4) is 0 Å². The quantitative estimate of drug-likeness (QED) is 0.767. The van der Waals surface area contributed by atoms with E-state index in [9.17, 15) is 0 Å². The van der Waals surface area contributed by atoms with Gasteiger partial charge in [-0.25, -0.2) is 4.98 Å². The lowest BCUT2D eigenvalue weighted by atomic mass is 10.0. The van der Waals surface area contributed by atoms with Gasteiger partial charge < -0.3 is 10.5 Å². The van der Waals surface area contributed by atoms with E-state index in [-0.39, 0.29) is 0 Å². The van der Waals surface area contributed by atoms with Gasteiger partial charge in [-0.3, -0.25) is 0 Å². The summed E-state index contributed by atoms with van der Waals surface area (Å²) < 4.78 is 5.33. The number of rotatable bonds is 2. The van der Waals surface area contributed by atoms with E-state index in [2.05, 4.69) is 12.1 Å². The molecular weight excluding hydrogens is 260 g/mol. The Balaban J connectivity index is 2.35. The maximum Gasteiger partial charge on any atom is 0.119 e. The van der Waals surface area contributed by atoms with Gasteiger partial charge in [0.15, 0.2) is 0 Å². The number of nitrogens with two attached hydrogens (primary N) is 1. The summed E-state index contributed by atoms with van der Waals surface area (Å²) in [5, 5.41) is 0.948. The molecule has 0 aliphatic rings. The number of nitrogens with zero attached hydrogens (tertiary/aromatic N) is 1. The van der Waals surface area contributed by atoms with E-state index in [1.165, 1.54) is 0 Å². The maximum atomic E-state index is 6.35. The minimum atomic E-state index is 0.765. The molecule has 0 unspecified atom stereocenters. The molecule has 0 fully saturated rings. The molecule has 0 atom stereocenters. The average Bonchev–Trinajstić information content (AvgIpc) is 2.51. The number of pyridine rings is 1. The Morgan fingerprint density at radius 1 is 1.05 bits per heavy atom. The van der Waals surface area contributed by atoms with Gasteiger partial charge in [0.2, 0.25) is 0 Å². The van der Waals surface area contributed by atoms with Crippen LogP contribution in [0, 0.1) is 13.8 Å². The Hall–Kier alpha value is -2.55. The van der Waals surface area contributed by atoms with E-state index in [4.69, 9.17) is 15.5 Å². The molecule has 3 aromatic rings. The first-order chi connectivity index (χ1) is 10.1. The second-order valence-electron chi connectivity index (χ2n) is 5.21. The van der Waals surface area contributed by atoms with Crippen molar-refractivity contribution in [1.82, 2.24) is 4.98 Å². The van der Waals surface area contributed by atoms with Crippen LogP contribution in [0.15, 0.2) is 42.5 Å². The Kier molecular flexibility index (Phi) is 3.26. The Morgan fingerprint density at radius 3 is 2.43 bits per heavy atom. The molecule has 3 rings (SSSR count). The summed E-state index contributed by atoms with van der Waals surface area (Å²) in [5.74, 6) is 0.806. The van der Waals surface area contributed by atoms with E-state index < -0.39 is 0 Å². The summed E-state index contributed by atoms with van der Waals surface area (Å²) in [6.07, 6.45) is 0. The third kappa shape index (κ3) is 2.21. The molecule has 0 spiro atoms. The third-order valence-corrected chi connectivity index (χ3v) is 3.83. The van der Waals surface area contributed by atoms with E-state index in [1.54, 1.807) is 7.11 Å². The zero-order valence-electron chi connectivity index (χ0n) is 12.5. The van der Waals surface area contributed by atoms with Crippen molar-refractivity contribution in [2.24, 2.45) is 0 Å². The standard InChI is InChI=1S/C18H18N2O/c1-11-9-14(21-3)10-15-16(19)12(2)18(20-17(11)15)13-7-5-4-6-8-13/h4-10H,1-3H3,(H2,19,20). The van der Waals surface area contributed by atoms with Crippen LogP contribution in [-0.4, -0.2) is 12.1 Å². The van der Waals surface area contributed by atoms with Gasteiger partial charge in [0.1, 0.15) is 5.75 Å². The van der Waals surface area contributed by atoms with Gasteiger partial charge in [-0.05, 0) is 37.1 Å². The smallest absolute Gasteiger partial charge is 0.119 e. The fourth-order valence-electron chi connectivity index (χ4n) is 2.62. The number of benzene rings is 2. The van der Waals surface area contributed by atoms with E-state index in [1.807, 2.05) is 44.2 Å². The van der Waals surface area contributed by atoms with Gasteiger partial charge in [0, 0.05) is 16.6 Å². The topological polar surface area (TPSA) is 48.1 Å². The SMILES string of the molecule is COc1cc(C)c2nc(-c3ccccc3)c(C)c(N)c2c1. The Morgan fingerprint density at radius 2 is 1.76 bits per heavy atom. The molecule has 0 amide bonds. The zero-order valence-corrected chi connectivity index (χ0v) is 12.5. The van der Waals surface area contributed by atoms with Crippen molar-refractivity contribution in [3.63, 3.8) is 0 Å². The summed E-state index contributed by atoms with van der Waals surface area (Å²) >= 11 is 0. The van der Waals surface area contributed by atoms with Crippen LogP contribution in [-0.2, 0) is 0 Å². The number of aromatic nitrogens is 1. The predicted molar refractivity (Wildman–Crippen MR) is 87.6 cm³/mol. The molecule has 2 aromatic carbocycles. The Labute approximate surface area is 124 Å². The molecule has 0 aliphatic heterocycles. The summed E-state index contributed by atoms with van der Waals surface area (Å²) in [5.41, 5.74) is 12.1. The van der Waals surface area contributed by atoms with Crippen LogP contribution in [0.1, 0.15) is 11.1 Å². The molecule has 106 valence electrons. The molecule has 0 saturated heterocycles. The first-order valence-electron chi connectivity index (χ1n) is 6.91. The lowest BCUT2D eigenvalue weighted by Gasteiger charge is -2.14. The van der Waals surface area contributed by atoms with Crippen molar-refractivity contribution in [1.29, 1.82) is 0 Å². The van der Waals surface area contributed by atoms with Gasteiger partial charge in [-0.1, -0.05) is 30.3 Å². The molecule has 0 saturated carbocycles. The van der Waals surface area contributed by atoms with Crippen LogP contribution < -0.4 is 10.5 Å². The zero-order chi connectivity index (χ0) is 15.0. The van der Waals surface area contributed by atoms with Gasteiger partial charge in [0.25, 0.3) is 0 Å². The average molecular weight is 278 g/mol. The highest BCUT2D eigenvalue weighted by Gasteiger charge is 2.13. The predicted octanol–water partition coefficient (Wildman–Crippen LogP) is 4.11. The molecule has 3 nitrogen and oxygen atoms in total. The van der Waals surface area contributed by atoms with E-state index >= 15 is 0 Å². The summed E-state index contributed by atoms with van der Waals surface area (Å²) in [7, 11) is 1.66. The Bertz CT molecular complexity index is 811. The van der Waals surface area contributed by atoms with Crippen molar-refractivity contribution in [3.8, 4) is 17.0 Å². The number of methoxy groups -OCH3 is 1. The molecule has 2 N–H and O–H groups in total. The second-order valence-corrected chi connectivity index (χ2v) is 5.21. The highest BCUT2D eigenvalue weighted by atomic mass is 16.5. The largest absolute Gasteiger partial charge is 0.497 e. The van der Waals surface area contributed by atoms with Crippen molar-refractivity contribution < 1.29 is 4.74 Å². The number of nitrogen functional groups attached to an aromatic ring is 1. The lowest BCUT2D eigenvalue weighted by molar-refractivity contribution is 0.415. The normalized spacial score (nSPS) is 10.8. The summed E-state index contributed by atoms with van der Waals surface area (Å²) in [6.45, 7) is 4.04. The minimum absolute atomic E-state index is 0.765. The number of hydrogen-bond acceptors (Lipinski definition) is 3. The highest BCUT2D eigenvalue weighted by molar-refractivity contribution is 5.97. The van der Waals surface area contributed by atoms with E-state index in [0.717, 1.165) is 44.7 Å². The van der Waals surface area contributed by atoms with Gasteiger partial charge in [-0.15, -0.1) is 0 Å². The fraction of sp³-hybridized carbons (Fsp3) is 0.167. The van der Waals surface area contributed by atoms with Crippen molar-refractivity contribution in [2.75, 3.05) is 12.8 Å². The molecule has 3 heteroatoms. The molecule has 1 heterocycles. The van der Waals surface area contributed by atoms with Crippen LogP contribution in [0.4, 0.5) is 5.69 Å². The molecule has 1 aromatic heterocycles. The van der Waals surface area contributed by atoms with Crippen molar-refractivity contribution in [3.05, 3.63) is 53.6 Å². The first-order valence-corrected chi connectivity index (χ1v) is 6.91. The first kappa shape index (κ1) is 13.4.